The first-order chi connectivity index (χ1) is 9.38. The topological polar surface area (TPSA) is 72.2 Å². The fraction of sp³-hybridized carbons (Fsp3) is 0.0833. The van der Waals surface area contributed by atoms with Gasteiger partial charge in [-0.15, -0.1) is 11.3 Å². The van der Waals surface area contributed by atoms with Crippen LogP contribution in [0.25, 0.3) is 0 Å². The van der Waals surface area contributed by atoms with E-state index in [4.69, 9.17) is 0 Å². The third kappa shape index (κ3) is 3.02. The monoisotopic (exact) mass is 358 g/mol. The highest BCUT2D eigenvalue weighted by atomic mass is 79.9. The maximum atomic E-state index is 13.2. The number of nitrogens with one attached hydrogen (secondary N) is 1. The Kier molecular flexibility index (Phi) is 4.15. The van der Waals surface area contributed by atoms with Gasteiger partial charge in [0.2, 0.25) is 5.82 Å². The van der Waals surface area contributed by atoms with Gasteiger partial charge < -0.3 is 5.32 Å². The highest BCUT2D eigenvalue weighted by molar-refractivity contribution is 9.11. The third-order valence-electron chi connectivity index (χ3n) is 2.48. The Balaban J connectivity index is 2.24. The normalized spacial score (nSPS) is 10.3. The van der Waals surface area contributed by atoms with Crippen LogP contribution in [0.15, 0.2) is 28.1 Å². The molecule has 0 aliphatic rings. The van der Waals surface area contributed by atoms with E-state index < -0.39 is 22.3 Å². The Bertz CT molecular complexity index is 683. The summed E-state index contributed by atoms with van der Waals surface area (Å²) in [5.41, 5.74) is 0.418. The number of aryl methyl sites for hydroxylation is 1. The molecule has 1 aromatic carbocycles. The highest BCUT2D eigenvalue weighted by Gasteiger charge is 2.17. The zero-order chi connectivity index (χ0) is 14.9. The minimum absolute atomic E-state index is 0.172. The summed E-state index contributed by atoms with van der Waals surface area (Å²) in [6.45, 7) is 1.85. The van der Waals surface area contributed by atoms with Crippen LogP contribution in [0.5, 0.6) is 0 Å². The maximum absolute atomic E-state index is 13.2. The lowest BCUT2D eigenvalue weighted by Crippen LogP contribution is -2.10. The van der Waals surface area contributed by atoms with Crippen molar-refractivity contribution in [2.45, 2.75) is 6.92 Å². The number of nitro groups is 1. The van der Waals surface area contributed by atoms with E-state index in [1.54, 1.807) is 6.07 Å². The molecule has 1 heterocycles. The molecule has 5 nitrogen and oxygen atoms in total. The fourth-order valence-corrected chi connectivity index (χ4v) is 2.92. The van der Waals surface area contributed by atoms with Crippen molar-refractivity contribution in [2.75, 3.05) is 5.32 Å². The molecular formula is C12H8BrFN2O3S. The molecule has 1 N–H and O–H groups in total. The van der Waals surface area contributed by atoms with E-state index in [1.165, 1.54) is 17.4 Å². The molecule has 0 aliphatic carbocycles. The zero-order valence-electron chi connectivity index (χ0n) is 10.1. The van der Waals surface area contributed by atoms with Gasteiger partial charge in [-0.25, -0.2) is 0 Å². The number of amides is 1. The summed E-state index contributed by atoms with van der Waals surface area (Å²) in [5, 5.41) is 13.1. The third-order valence-corrected chi connectivity index (χ3v) is 4.62. The summed E-state index contributed by atoms with van der Waals surface area (Å²) in [6, 6.07) is 4.91. The number of anilines is 1. The summed E-state index contributed by atoms with van der Waals surface area (Å²) in [5.74, 6) is -1.34. The second-order valence-corrected chi connectivity index (χ2v) is 6.31. The first-order valence-corrected chi connectivity index (χ1v) is 7.00. The number of hydrogen-bond donors (Lipinski definition) is 1. The van der Waals surface area contributed by atoms with Crippen LogP contribution in [0.4, 0.5) is 15.8 Å². The average molecular weight is 359 g/mol. The minimum Gasteiger partial charge on any atom is -0.321 e. The fourth-order valence-electron chi connectivity index (χ4n) is 1.49. The van der Waals surface area contributed by atoms with E-state index in [9.17, 15) is 19.3 Å². The van der Waals surface area contributed by atoms with E-state index >= 15 is 0 Å². The molecule has 0 bridgehead atoms. The van der Waals surface area contributed by atoms with Crippen LogP contribution in [-0.2, 0) is 0 Å². The van der Waals surface area contributed by atoms with Crippen molar-refractivity contribution in [2.24, 2.45) is 0 Å². The Morgan fingerprint density at radius 3 is 2.70 bits per heavy atom. The molecule has 0 radical (unpaired) electrons. The number of nitro benzene ring substituents is 1. The number of rotatable bonds is 3. The van der Waals surface area contributed by atoms with Gasteiger partial charge in [0, 0.05) is 11.8 Å². The standard InChI is InChI=1S/C12H8BrFN2O3S/c1-6-4-10(20-11(6)13)12(17)15-7-2-3-8(14)9(5-7)16(18)19/h2-5H,1H3,(H,15,17). The molecule has 0 spiro atoms. The van der Waals surface area contributed by atoms with Crippen LogP contribution in [-0.4, -0.2) is 10.8 Å². The van der Waals surface area contributed by atoms with Crippen LogP contribution in [0, 0.1) is 22.9 Å². The minimum atomic E-state index is -0.942. The van der Waals surface area contributed by atoms with Crippen LogP contribution in [0.1, 0.15) is 15.2 Å². The SMILES string of the molecule is Cc1cc(C(=O)Nc2ccc(F)c([N+](=O)[O-])c2)sc1Br. The molecular weight excluding hydrogens is 351 g/mol. The molecule has 20 heavy (non-hydrogen) atoms. The Morgan fingerprint density at radius 2 is 2.15 bits per heavy atom. The predicted molar refractivity (Wildman–Crippen MR) is 77.8 cm³/mol. The molecule has 8 heteroatoms. The molecule has 0 atom stereocenters. The van der Waals surface area contributed by atoms with Gasteiger partial charge in [-0.3, -0.25) is 14.9 Å². The lowest BCUT2D eigenvalue weighted by atomic mass is 10.2. The predicted octanol–water partition coefficient (Wildman–Crippen LogP) is 4.12. The molecule has 2 aromatic rings. The largest absolute Gasteiger partial charge is 0.321 e. The number of carbonyl (C=O) groups is 1. The van der Waals surface area contributed by atoms with Gasteiger partial charge in [0.1, 0.15) is 0 Å². The summed E-state index contributed by atoms with van der Waals surface area (Å²) in [6.07, 6.45) is 0. The van der Waals surface area contributed by atoms with Gasteiger partial charge in [0.05, 0.1) is 13.6 Å². The van der Waals surface area contributed by atoms with E-state index in [-0.39, 0.29) is 5.69 Å². The van der Waals surface area contributed by atoms with Crippen LogP contribution in [0.3, 0.4) is 0 Å². The van der Waals surface area contributed by atoms with Crippen molar-refractivity contribution in [1.29, 1.82) is 0 Å². The second-order valence-electron chi connectivity index (χ2n) is 3.94. The lowest BCUT2D eigenvalue weighted by Gasteiger charge is -2.03. The van der Waals surface area contributed by atoms with Gasteiger partial charge in [-0.2, -0.15) is 4.39 Å². The Labute approximate surface area is 125 Å². The summed E-state index contributed by atoms with van der Waals surface area (Å²) >= 11 is 4.56. The number of carbonyl (C=O) groups excluding carboxylic acids is 1. The summed E-state index contributed by atoms with van der Waals surface area (Å²) < 4.78 is 14.0. The number of thiophene rings is 1. The molecule has 0 aliphatic heterocycles. The first kappa shape index (κ1) is 14.6. The van der Waals surface area contributed by atoms with Gasteiger partial charge in [0.15, 0.2) is 0 Å². The first-order valence-electron chi connectivity index (χ1n) is 5.39. The zero-order valence-corrected chi connectivity index (χ0v) is 12.5. The molecule has 1 aromatic heterocycles. The van der Waals surface area contributed by atoms with Crippen LogP contribution >= 0.6 is 27.3 Å². The Morgan fingerprint density at radius 1 is 1.45 bits per heavy atom. The second kappa shape index (κ2) is 5.68. The van der Waals surface area contributed by atoms with Gasteiger partial charge in [-0.05, 0) is 46.6 Å². The van der Waals surface area contributed by atoms with Gasteiger partial charge in [-0.1, -0.05) is 0 Å². The molecule has 0 saturated carbocycles. The highest BCUT2D eigenvalue weighted by Crippen LogP contribution is 2.28. The van der Waals surface area contributed by atoms with Crippen molar-refractivity contribution < 1.29 is 14.1 Å². The number of halogens is 2. The maximum Gasteiger partial charge on any atom is 0.306 e. The lowest BCUT2D eigenvalue weighted by molar-refractivity contribution is -0.387. The molecule has 0 fully saturated rings. The van der Waals surface area contributed by atoms with E-state index in [1.807, 2.05) is 6.92 Å². The van der Waals surface area contributed by atoms with Gasteiger partial charge in [0.25, 0.3) is 5.91 Å². The van der Waals surface area contributed by atoms with E-state index in [2.05, 4.69) is 21.2 Å². The number of nitrogens with zero attached hydrogens (tertiary/aromatic N) is 1. The molecule has 2 rings (SSSR count). The summed E-state index contributed by atoms with van der Waals surface area (Å²) in [7, 11) is 0. The molecule has 1 amide bonds. The van der Waals surface area contributed by atoms with E-state index in [0.717, 1.165) is 21.5 Å². The van der Waals surface area contributed by atoms with Crippen LogP contribution < -0.4 is 5.32 Å². The van der Waals surface area contributed by atoms with E-state index in [0.29, 0.717) is 4.88 Å². The average Bonchev–Trinajstić information content (AvgIpc) is 2.72. The van der Waals surface area contributed by atoms with Crippen molar-refractivity contribution in [3.8, 4) is 0 Å². The van der Waals surface area contributed by atoms with Crippen molar-refractivity contribution in [3.05, 3.63) is 54.4 Å². The van der Waals surface area contributed by atoms with Crippen molar-refractivity contribution >= 4 is 44.5 Å². The van der Waals surface area contributed by atoms with Gasteiger partial charge >= 0.3 is 5.69 Å². The smallest absolute Gasteiger partial charge is 0.306 e. The van der Waals surface area contributed by atoms with Crippen LogP contribution in [0.2, 0.25) is 0 Å². The van der Waals surface area contributed by atoms with Crippen molar-refractivity contribution in [3.63, 3.8) is 0 Å². The molecule has 0 unspecified atom stereocenters. The number of benzene rings is 1. The van der Waals surface area contributed by atoms with Crippen molar-refractivity contribution in [1.82, 2.24) is 0 Å². The molecule has 104 valence electrons. The quantitative estimate of drug-likeness (QED) is 0.662. The number of hydrogen-bond acceptors (Lipinski definition) is 4. The summed E-state index contributed by atoms with van der Waals surface area (Å²) in [4.78, 5) is 22.2. The Hall–Kier alpha value is -1.80. The molecule has 0 saturated heterocycles.